The largest absolute Gasteiger partial charge is 0.393 e. The van der Waals surface area contributed by atoms with E-state index in [2.05, 4.69) is 4.74 Å². The van der Waals surface area contributed by atoms with Crippen LogP contribution in [0.1, 0.15) is 25.3 Å². The summed E-state index contributed by atoms with van der Waals surface area (Å²) in [7, 11) is 0. The van der Waals surface area contributed by atoms with Crippen molar-refractivity contribution in [3.8, 4) is 0 Å². The molecule has 15 heavy (non-hydrogen) atoms. The Morgan fingerprint density at radius 2 is 2.07 bits per heavy atom. The number of halogens is 1. The number of hydrogen-bond donors (Lipinski definition) is 0. The van der Waals surface area contributed by atoms with Crippen LogP contribution in [0.15, 0.2) is 24.3 Å². The molecule has 3 nitrogen and oxygen atoms in total. The van der Waals surface area contributed by atoms with Crippen LogP contribution >= 0.6 is 0 Å². The molecule has 0 aliphatic heterocycles. The maximum absolute atomic E-state index is 12.8. The number of carbonyl (C=O) groups is 2. The Balaban J connectivity index is 2.80. The van der Waals surface area contributed by atoms with Gasteiger partial charge in [0.1, 0.15) is 5.82 Å². The highest BCUT2D eigenvalue weighted by molar-refractivity contribution is 5.88. The maximum atomic E-state index is 12.8. The van der Waals surface area contributed by atoms with E-state index in [1.54, 1.807) is 13.0 Å². The Kier molecular flexibility index (Phi) is 3.55. The van der Waals surface area contributed by atoms with Gasteiger partial charge in [0.2, 0.25) is 0 Å². The minimum absolute atomic E-state index is 0.421. The van der Waals surface area contributed by atoms with Crippen molar-refractivity contribution < 1.29 is 18.7 Å². The fourth-order valence-corrected chi connectivity index (χ4v) is 1.14. The zero-order valence-electron chi connectivity index (χ0n) is 8.49. The third kappa shape index (κ3) is 3.16. The van der Waals surface area contributed by atoms with E-state index in [-0.39, 0.29) is 0 Å². The number of rotatable bonds is 2. The van der Waals surface area contributed by atoms with Crippen LogP contribution in [0.2, 0.25) is 0 Å². The van der Waals surface area contributed by atoms with Gasteiger partial charge in [-0.2, -0.15) is 0 Å². The zero-order chi connectivity index (χ0) is 11.4. The predicted molar refractivity (Wildman–Crippen MR) is 51.6 cm³/mol. The summed E-state index contributed by atoms with van der Waals surface area (Å²) in [6, 6.07) is 5.63. The summed E-state index contributed by atoms with van der Waals surface area (Å²) >= 11 is 0. The van der Waals surface area contributed by atoms with Crippen LogP contribution in [0, 0.1) is 5.82 Å². The normalized spacial score (nSPS) is 11.9. The highest BCUT2D eigenvalue weighted by atomic mass is 19.1. The van der Waals surface area contributed by atoms with Crippen LogP contribution in [0.3, 0.4) is 0 Å². The fraction of sp³-hybridized carbons (Fsp3) is 0.273. The molecule has 1 aromatic rings. The zero-order valence-corrected chi connectivity index (χ0v) is 8.49. The minimum atomic E-state index is -0.673. The highest BCUT2D eigenvalue weighted by Gasteiger charge is 2.18. The van der Waals surface area contributed by atoms with Gasteiger partial charge >= 0.3 is 11.9 Å². The third-order valence-corrected chi connectivity index (χ3v) is 1.95. The first-order valence-corrected chi connectivity index (χ1v) is 4.48. The van der Waals surface area contributed by atoms with Crippen LogP contribution in [0.25, 0.3) is 0 Å². The molecule has 1 unspecified atom stereocenters. The van der Waals surface area contributed by atoms with Gasteiger partial charge in [0.05, 0.1) is 5.92 Å². The van der Waals surface area contributed by atoms with Crippen LogP contribution in [-0.4, -0.2) is 11.9 Å². The van der Waals surface area contributed by atoms with Crippen LogP contribution in [-0.2, 0) is 14.3 Å². The topological polar surface area (TPSA) is 43.4 Å². The molecule has 80 valence electrons. The van der Waals surface area contributed by atoms with Crippen molar-refractivity contribution in [2.75, 3.05) is 0 Å². The molecule has 0 fully saturated rings. The average molecular weight is 210 g/mol. The number of hydrogen-bond acceptors (Lipinski definition) is 3. The second kappa shape index (κ2) is 4.68. The summed E-state index contributed by atoms with van der Waals surface area (Å²) in [5.41, 5.74) is 0.487. The molecular weight excluding hydrogens is 199 g/mol. The second-order valence-corrected chi connectivity index (χ2v) is 3.19. The van der Waals surface area contributed by atoms with E-state index in [4.69, 9.17) is 0 Å². The Morgan fingerprint density at radius 1 is 1.40 bits per heavy atom. The van der Waals surface area contributed by atoms with Crippen molar-refractivity contribution in [2.24, 2.45) is 0 Å². The van der Waals surface area contributed by atoms with Crippen LogP contribution < -0.4 is 0 Å². The van der Waals surface area contributed by atoms with E-state index in [1.807, 2.05) is 0 Å². The molecule has 0 heterocycles. The number of esters is 2. The summed E-state index contributed by atoms with van der Waals surface area (Å²) < 4.78 is 17.2. The van der Waals surface area contributed by atoms with Gasteiger partial charge in [-0.05, 0) is 24.6 Å². The molecule has 0 aromatic heterocycles. The van der Waals surface area contributed by atoms with Crippen molar-refractivity contribution in [3.05, 3.63) is 35.6 Å². The monoisotopic (exact) mass is 210 g/mol. The van der Waals surface area contributed by atoms with Gasteiger partial charge in [0.25, 0.3) is 0 Å². The van der Waals surface area contributed by atoms with E-state index in [0.29, 0.717) is 5.56 Å². The minimum Gasteiger partial charge on any atom is -0.393 e. The molecule has 0 bridgehead atoms. The lowest BCUT2D eigenvalue weighted by Crippen LogP contribution is -2.16. The average Bonchev–Trinajstić information content (AvgIpc) is 2.15. The van der Waals surface area contributed by atoms with Crippen molar-refractivity contribution >= 4 is 11.9 Å². The lowest BCUT2D eigenvalue weighted by molar-refractivity contribution is -0.158. The molecule has 0 spiro atoms. The molecule has 4 heteroatoms. The lowest BCUT2D eigenvalue weighted by Gasteiger charge is -2.09. The van der Waals surface area contributed by atoms with Crippen molar-refractivity contribution in [1.82, 2.24) is 0 Å². The van der Waals surface area contributed by atoms with Crippen molar-refractivity contribution in [1.29, 1.82) is 0 Å². The Hall–Kier alpha value is -1.71. The number of ether oxygens (including phenoxy) is 1. The van der Waals surface area contributed by atoms with Gasteiger partial charge in [-0.15, -0.1) is 0 Å². The van der Waals surface area contributed by atoms with E-state index in [9.17, 15) is 14.0 Å². The summed E-state index contributed by atoms with van der Waals surface area (Å²) in [5.74, 6) is -2.41. The molecule has 0 radical (unpaired) electrons. The van der Waals surface area contributed by atoms with Crippen molar-refractivity contribution in [2.45, 2.75) is 19.8 Å². The first-order chi connectivity index (χ1) is 7.00. The number of benzene rings is 1. The van der Waals surface area contributed by atoms with Gasteiger partial charge in [-0.25, -0.2) is 4.39 Å². The Labute approximate surface area is 86.9 Å². The molecule has 0 aliphatic rings. The molecule has 0 N–H and O–H groups in total. The standard InChI is InChI=1S/C11H11FO3/c1-7(11(14)15-8(2)13)9-4-3-5-10(12)6-9/h3-7H,1-2H3. The van der Waals surface area contributed by atoms with Crippen LogP contribution in [0.5, 0.6) is 0 Å². The predicted octanol–water partition coefficient (Wildman–Crippen LogP) is 2.02. The first-order valence-electron chi connectivity index (χ1n) is 4.48. The van der Waals surface area contributed by atoms with Crippen molar-refractivity contribution in [3.63, 3.8) is 0 Å². The van der Waals surface area contributed by atoms with E-state index in [0.717, 1.165) is 6.92 Å². The molecule has 0 aliphatic carbocycles. The summed E-state index contributed by atoms with van der Waals surface area (Å²) in [6.45, 7) is 2.70. The second-order valence-electron chi connectivity index (χ2n) is 3.19. The Bertz CT molecular complexity index is 387. The molecule has 1 rings (SSSR count). The van der Waals surface area contributed by atoms with Gasteiger partial charge in [-0.3, -0.25) is 9.59 Å². The molecule has 0 saturated carbocycles. The fourth-order valence-electron chi connectivity index (χ4n) is 1.14. The van der Waals surface area contributed by atoms with Gasteiger partial charge in [-0.1, -0.05) is 12.1 Å². The molecule has 0 amide bonds. The first kappa shape index (κ1) is 11.4. The lowest BCUT2D eigenvalue weighted by atomic mass is 10.0. The van der Waals surface area contributed by atoms with Gasteiger partial charge < -0.3 is 4.74 Å². The summed E-state index contributed by atoms with van der Waals surface area (Å²) in [6.07, 6.45) is 0. The van der Waals surface area contributed by atoms with E-state index >= 15 is 0 Å². The van der Waals surface area contributed by atoms with Gasteiger partial charge in [0.15, 0.2) is 0 Å². The highest BCUT2D eigenvalue weighted by Crippen LogP contribution is 2.17. The smallest absolute Gasteiger partial charge is 0.320 e. The van der Waals surface area contributed by atoms with E-state index < -0.39 is 23.7 Å². The van der Waals surface area contributed by atoms with Gasteiger partial charge in [0, 0.05) is 6.92 Å². The Morgan fingerprint density at radius 3 is 2.60 bits per heavy atom. The SMILES string of the molecule is CC(=O)OC(=O)C(C)c1cccc(F)c1. The molecule has 0 saturated heterocycles. The van der Waals surface area contributed by atoms with E-state index in [1.165, 1.54) is 18.2 Å². The summed E-state index contributed by atoms with van der Waals surface area (Å²) in [4.78, 5) is 21.8. The van der Waals surface area contributed by atoms with Crippen LogP contribution in [0.4, 0.5) is 4.39 Å². The third-order valence-electron chi connectivity index (χ3n) is 1.95. The molecular formula is C11H11FO3. The quantitative estimate of drug-likeness (QED) is 0.554. The maximum Gasteiger partial charge on any atom is 0.320 e. The molecule has 1 aromatic carbocycles. The summed E-state index contributed by atoms with van der Waals surface area (Å²) in [5, 5.41) is 0. The molecule has 1 atom stereocenters. The number of carbonyl (C=O) groups excluding carboxylic acids is 2.